The number of nitrogens with one attached hydrogen (secondary N) is 1. The van der Waals surface area contributed by atoms with Gasteiger partial charge in [0, 0.05) is 35.8 Å². The first-order valence-corrected chi connectivity index (χ1v) is 9.37. The molecule has 2 aromatic carbocycles. The van der Waals surface area contributed by atoms with Gasteiger partial charge in [-0.2, -0.15) is 0 Å². The molecule has 2 rings (SSSR count). The van der Waals surface area contributed by atoms with Crippen molar-refractivity contribution in [2.45, 2.75) is 11.3 Å². The molecule has 0 aliphatic rings. The van der Waals surface area contributed by atoms with Crippen molar-refractivity contribution in [3.8, 4) is 11.5 Å². The summed E-state index contributed by atoms with van der Waals surface area (Å²) < 4.78 is 10.8. The van der Waals surface area contributed by atoms with Crippen molar-refractivity contribution in [2.75, 3.05) is 33.6 Å². The van der Waals surface area contributed by atoms with Crippen LogP contribution in [0, 0.1) is 0 Å². The minimum Gasteiger partial charge on any atom is -0.493 e. The van der Waals surface area contributed by atoms with Gasteiger partial charge in [-0.25, -0.2) is 0 Å². The zero-order valence-electron chi connectivity index (χ0n) is 16.4. The first-order valence-electron chi connectivity index (χ1n) is 8.56. The number of benzene rings is 2. The average molecular weight is 401 g/mol. The van der Waals surface area contributed by atoms with Crippen molar-refractivity contribution in [1.82, 2.24) is 4.90 Å². The van der Waals surface area contributed by atoms with Crippen LogP contribution in [0.1, 0.15) is 15.9 Å². The second-order valence-corrected chi connectivity index (χ2v) is 7.13. The van der Waals surface area contributed by atoms with E-state index in [0.29, 0.717) is 29.2 Å². The Morgan fingerprint density at radius 2 is 1.82 bits per heavy atom. The van der Waals surface area contributed by atoms with E-state index in [-0.39, 0.29) is 11.1 Å². The first kappa shape index (κ1) is 21.4. The average Bonchev–Trinajstić information content (AvgIpc) is 2.68. The van der Waals surface area contributed by atoms with Crippen LogP contribution in [0.3, 0.4) is 0 Å². The number of ether oxygens (including phenoxy) is 2. The molecule has 0 aliphatic carbocycles. The lowest BCUT2D eigenvalue weighted by Crippen LogP contribution is -2.16. The molecule has 0 fully saturated rings. The molecule has 0 heterocycles. The topological polar surface area (TPSA) is 67.9 Å². The van der Waals surface area contributed by atoms with Crippen molar-refractivity contribution < 1.29 is 19.1 Å². The summed E-state index contributed by atoms with van der Waals surface area (Å²) in [5.41, 5.74) is 1.90. The molecule has 0 aliphatic heterocycles. The van der Waals surface area contributed by atoms with Crippen LogP contribution in [0.15, 0.2) is 53.9 Å². The van der Waals surface area contributed by atoms with Crippen LogP contribution in [-0.2, 0) is 6.42 Å². The summed E-state index contributed by atoms with van der Waals surface area (Å²) in [5.74, 6) is 0.808. The van der Waals surface area contributed by atoms with Crippen LogP contribution in [0.5, 0.6) is 11.5 Å². The number of thioether (sulfide) groups is 1. The van der Waals surface area contributed by atoms with Crippen LogP contribution in [0.2, 0.25) is 0 Å². The van der Waals surface area contributed by atoms with Gasteiger partial charge in [0.1, 0.15) is 0 Å². The summed E-state index contributed by atoms with van der Waals surface area (Å²) >= 11 is 1.13. The zero-order chi connectivity index (χ0) is 20.7. The number of rotatable bonds is 7. The third kappa shape index (κ3) is 5.29. The molecule has 28 heavy (non-hydrogen) atoms. The molecule has 0 unspecified atom stereocenters. The molecule has 0 atom stereocenters. The Hall–Kier alpha value is -2.93. The SMILES string of the molecule is C=CCc1cc(C(=O)Nc2ccc(SC(=O)N(C)C)cc2)cc(OC)c1OC. The van der Waals surface area contributed by atoms with Crippen LogP contribution >= 0.6 is 11.8 Å². The molecule has 0 radical (unpaired) electrons. The minimum atomic E-state index is -0.268. The van der Waals surface area contributed by atoms with E-state index in [1.165, 1.54) is 12.0 Å². The van der Waals surface area contributed by atoms with E-state index >= 15 is 0 Å². The molecule has 0 saturated carbocycles. The van der Waals surface area contributed by atoms with E-state index < -0.39 is 0 Å². The van der Waals surface area contributed by atoms with Gasteiger partial charge in [0.15, 0.2) is 11.5 Å². The second-order valence-electron chi connectivity index (χ2n) is 6.10. The molecule has 148 valence electrons. The molecular formula is C21H24N2O4S. The summed E-state index contributed by atoms with van der Waals surface area (Å²) in [5, 5.41) is 2.80. The predicted octanol–water partition coefficient (Wildman–Crippen LogP) is 4.46. The Labute approximate surface area is 169 Å². The number of nitrogens with zero attached hydrogens (tertiary/aromatic N) is 1. The van der Waals surface area contributed by atoms with Crippen molar-refractivity contribution >= 4 is 28.6 Å². The van der Waals surface area contributed by atoms with E-state index in [4.69, 9.17) is 9.47 Å². The number of hydrogen-bond donors (Lipinski definition) is 1. The Bertz CT molecular complexity index is 863. The van der Waals surface area contributed by atoms with Crippen LogP contribution < -0.4 is 14.8 Å². The predicted molar refractivity (Wildman–Crippen MR) is 113 cm³/mol. The van der Waals surface area contributed by atoms with Crippen LogP contribution in [0.25, 0.3) is 0 Å². The summed E-state index contributed by atoms with van der Waals surface area (Å²) in [4.78, 5) is 26.8. The lowest BCUT2D eigenvalue weighted by atomic mass is 10.0. The molecule has 2 amide bonds. The fourth-order valence-corrected chi connectivity index (χ4v) is 3.14. The van der Waals surface area contributed by atoms with E-state index in [1.807, 2.05) is 0 Å². The largest absolute Gasteiger partial charge is 0.493 e. The van der Waals surface area contributed by atoms with Gasteiger partial charge < -0.3 is 19.7 Å². The van der Waals surface area contributed by atoms with Crippen molar-refractivity contribution in [3.05, 3.63) is 60.2 Å². The normalized spacial score (nSPS) is 10.1. The van der Waals surface area contributed by atoms with Gasteiger partial charge in [-0.3, -0.25) is 9.59 Å². The molecule has 6 nitrogen and oxygen atoms in total. The number of carbonyl (C=O) groups is 2. The monoisotopic (exact) mass is 400 g/mol. The van der Waals surface area contributed by atoms with Gasteiger partial charge in [-0.15, -0.1) is 6.58 Å². The number of carbonyl (C=O) groups excluding carboxylic acids is 2. The quantitative estimate of drug-likeness (QED) is 0.549. The second kappa shape index (κ2) is 9.85. The number of amides is 2. The molecular weight excluding hydrogens is 376 g/mol. The highest BCUT2D eigenvalue weighted by molar-refractivity contribution is 8.13. The lowest BCUT2D eigenvalue weighted by Gasteiger charge is -2.14. The number of methoxy groups -OCH3 is 2. The Kier molecular flexibility index (Phi) is 7.52. The Balaban J connectivity index is 2.19. The van der Waals surface area contributed by atoms with Gasteiger partial charge in [-0.05, 0) is 54.6 Å². The molecule has 0 aromatic heterocycles. The standard InChI is InChI=1S/C21H24N2O4S/c1-6-7-14-12-15(13-18(26-4)19(14)27-5)20(24)22-16-8-10-17(11-9-16)28-21(25)23(2)3/h6,8-13H,1,7H2,2-5H3,(H,22,24). The van der Waals surface area contributed by atoms with Gasteiger partial charge in [0.05, 0.1) is 14.2 Å². The van der Waals surface area contributed by atoms with Gasteiger partial charge in [0.25, 0.3) is 11.1 Å². The van der Waals surface area contributed by atoms with Crippen LogP contribution in [0.4, 0.5) is 10.5 Å². The minimum absolute atomic E-state index is 0.0585. The van der Waals surface area contributed by atoms with E-state index in [2.05, 4.69) is 11.9 Å². The fourth-order valence-electron chi connectivity index (χ4n) is 2.48. The van der Waals surface area contributed by atoms with Gasteiger partial charge in [0.2, 0.25) is 0 Å². The number of anilines is 1. The van der Waals surface area contributed by atoms with Gasteiger partial charge >= 0.3 is 0 Å². The molecule has 0 bridgehead atoms. The molecule has 0 spiro atoms. The third-order valence-electron chi connectivity index (χ3n) is 3.86. The third-order valence-corrected chi connectivity index (χ3v) is 4.91. The Morgan fingerprint density at radius 3 is 2.36 bits per heavy atom. The van der Waals surface area contributed by atoms with E-state index in [0.717, 1.165) is 22.2 Å². The molecule has 7 heteroatoms. The highest BCUT2D eigenvalue weighted by Crippen LogP contribution is 2.33. The maximum Gasteiger partial charge on any atom is 0.285 e. The van der Waals surface area contributed by atoms with Crippen molar-refractivity contribution in [3.63, 3.8) is 0 Å². The van der Waals surface area contributed by atoms with E-state index in [1.54, 1.807) is 63.7 Å². The lowest BCUT2D eigenvalue weighted by molar-refractivity contribution is 0.102. The zero-order valence-corrected chi connectivity index (χ0v) is 17.3. The van der Waals surface area contributed by atoms with E-state index in [9.17, 15) is 9.59 Å². The summed E-state index contributed by atoms with van der Waals surface area (Å²) in [6.45, 7) is 3.74. The highest BCUT2D eigenvalue weighted by Gasteiger charge is 2.16. The van der Waals surface area contributed by atoms with Gasteiger partial charge in [-0.1, -0.05) is 6.08 Å². The smallest absolute Gasteiger partial charge is 0.285 e. The number of allylic oxidation sites excluding steroid dienone is 1. The maximum absolute atomic E-state index is 12.7. The van der Waals surface area contributed by atoms with Crippen molar-refractivity contribution in [1.29, 1.82) is 0 Å². The number of hydrogen-bond acceptors (Lipinski definition) is 5. The summed E-state index contributed by atoms with van der Waals surface area (Å²) in [7, 11) is 6.49. The molecule has 0 saturated heterocycles. The molecule has 2 aromatic rings. The molecule has 1 N–H and O–H groups in total. The fraction of sp³-hybridized carbons (Fsp3) is 0.238. The highest BCUT2D eigenvalue weighted by atomic mass is 32.2. The van der Waals surface area contributed by atoms with Crippen molar-refractivity contribution in [2.24, 2.45) is 0 Å². The van der Waals surface area contributed by atoms with Crippen LogP contribution in [-0.4, -0.2) is 44.4 Å². The Morgan fingerprint density at radius 1 is 1.14 bits per heavy atom. The summed E-state index contributed by atoms with van der Waals surface area (Å²) in [6, 6.07) is 10.5. The first-order chi connectivity index (χ1) is 13.4. The summed E-state index contributed by atoms with van der Waals surface area (Å²) in [6.07, 6.45) is 2.29. The maximum atomic E-state index is 12.7.